The Balaban J connectivity index is 1.46. The van der Waals surface area contributed by atoms with Crippen molar-refractivity contribution in [3.05, 3.63) is 48.0 Å². The van der Waals surface area contributed by atoms with Crippen LogP contribution in [0.4, 0.5) is 0 Å². The van der Waals surface area contributed by atoms with Gasteiger partial charge < -0.3 is 5.32 Å². The number of carbonyl (C=O) groups excluding carboxylic acids is 1. The summed E-state index contributed by atoms with van der Waals surface area (Å²) in [4.78, 5) is 18.6. The molecule has 1 aliphatic heterocycles. The molecule has 0 saturated carbocycles. The molecule has 1 fully saturated rings. The van der Waals surface area contributed by atoms with Gasteiger partial charge in [-0.15, -0.1) is 0 Å². The third-order valence-corrected chi connectivity index (χ3v) is 4.00. The Morgan fingerprint density at radius 3 is 2.82 bits per heavy atom. The molecule has 1 saturated heterocycles. The average molecular weight is 299 g/mol. The smallest absolute Gasteiger partial charge is 0.271 e. The van der Waals surface area contributed by atoms with Crippen molar-refractivity contribution in [2.24, 2.45) is 7.05 Å². The molecule has 1 aliphatic rings. The summed E-state index contributed by atoms with van der Waals surface area (Å²) >= 11 is 0. The van der Waals surface area contributed by atoms with Crippen molar-refractivity contribution < 1.29 is 4.79 Å². The van der Waals surface area contributed by atoms with Crippen LogP contribution in [0.15, 0.2) is 36.8 Å². The van der Waals surface area contributed by atoms with Crippen LogP contribution in [0, 0.1) is 0 Å². The van der Waals surface area contributed by atoms with Gasteiger partial charge in [-0.05, 0) is 30.5 Å². The highest BCUT2D eigenvalue weighted by atomic mass is 16.2. The van der Waals surface area contributed by atoms with E-state index < -0.39 is 0 Å². The number of aryl methyl sites for hydroxylation is 1. The molecule has 6 nitrogen and oxygen atoms in total. The second-order valence-corrected chi connectivity index (χ2v) is 5.76. The van der Waals surface area contributed by atoms with Gasteiger partial charge in [-0.3, -0.25) is 19.4 Å². The predicted octanol–water partition coefficient (Wildman–Crippen LogP) is 1.21. The first-order chi connectivity index (χ1) is 10.7. The molecule has 2 aromatic heterocycles. The van der Waals surface area contributed by atoms with Gasteiger partial charge in [-0.2, -0.15) is 5.10 Å². The number of piperidine rings is 1. The van der Waals surface area contributed by atoms with E-state index in [0.717, 1.165) is 32.5 Å². The highest BCUT2D eigenvalue weighted by molar-refractivity contribution is 5.92. The van der Waals surface area contributed by atoms with Gasteiger partial charge in [0, 0.05) is 51.3 Å². The number of amides is 1. The third-order valence-electron chi connectivity index (χ3n) is 4.00. The van der Waals surface area contributed by atoms with Crippen LogP contribution in [0.5, 0.6) is 0 Å². The van der Waals surface area contributed by atoms with Crippen molar-refractivity contribution in [1.29, 1.82) is 0 Å². The van der Waals surface area contributed by atoms with E-state index in [2.05, 4.69) is 26.4 Å². The largest absolute Gasteiger partial charge is 0.348 e. The fourth-order valence-corrected chi connectivity index (χ4v) is 2.78. The molecule has 22 heavy (non-hydrogen) atoms. The fraction of sp³-hybridized carbons (Fsp3) is 0.438. The average Bonchev–Trinajstić information content (AvgIpc) is 2.97. The Morgan fingerprint density at radius 1 is 1.36 bits per heavy atom. The third kappa shape index (κ3) is 3.71. The lowest BCUT2D eigenvalue weighted by Gasteiger charge is -2.32. The number of hydrogen-bond acceptors (Lipinski definition) is 4. The maximum absolute atomic E-state index is 12.1. The second-order valence-electron chi connectivity index (χ2n) is 5.76. The van der Waals surface area contributed by atoms with Crippen LogP contribution < -0.4 is 5.32 Å². The van der Waals surface area contributed by atoms with Crippen LogP contribution in [-0.4, -0.2) is 44.7 Å². The molecule has 0 aromatic carbocycles. The van der Waals surface area contributed by atoms with E-state index in [4.69, 9.17) is 0 Å². The van der Waals surface area contributed by atoms with Crippen LogP contribution in [-0.2, 0) is 13.6 Å². The number of carbonyl (C=O) groups is 1. The van der Waals surface area contributed by atoms with Crippen molar-refractivity contribution in [1.82, 2.24) is 25.0 Å². The molecule has 2 aromatic rings. The van der Waals surface area contributed by atoms with Gasteiger partial charge in [0.05, 0.1) is 0 Å². The number of rotatable bonds is 4. The molecule has 1 amide bonds. The highest BCUT2D eigenvalue weighted by Crippen LogP contribution is 2.13. The Labute approximate surface area is 130 Å². The zero-order chi connectivity index (χ0) is 15.4. The summed E-state index contributed by atoms with van der Waals surface area (Å²) in [6, 6.07) is 6.05. The minimum Gasteiger partial charge on any atom is -0.348 e. The summed E-state index contributed by atoms with van der Waals surface area (Å²) < 4.78 is 1.64. The van der Waals surface area contributed by atoms with E-state index in [1.165, 1.54) is 5.56 Å². The van der Waals surface area contributed by atoms with Gasteiger partial charge >= 0.3 is 0 Å². The molecule has 3 heterocycles. The molecule has 0 radical (unpaired) electrons. The van der Waals surface area contributed by atoms with Crippen LogP contribution in [0.25, 0.3) is 0 Å². The topological polar surface area (TPSA) is 63.1 Å². The van der Waals surface area contributed by atoms with E-state index in [-0.39, 0.29) is 11.9 Å². The molecular formula is C16H21N5O. The van der Waals surface area contributed by atoms with Gasteiger partial charge in [0.1, 0.15) is 5.69 Å². The summed E-state index contributed by atoms with van der Waals surface area (Å²) in [5.74, 6) is -0.0775. The molecule has 3 rings (SSSR count). The first-order valence-corrected chi connectivity index (χ1v) is 7.62. The predicted molar refractivity (Wildman–Crippen MR) is 83.2 cm³/mol. The Morgan fingerprint density at radius 2 is 2.18 bits per heavy atom. The molecule has 0 aliphatic carbocycles. The minimum atomic E-state index is -0.0775. The summed E-state index contributed by atoms with van der Waals surface area (Å²) in [5.41, 5.74) is 1.72. The highest BCUT2D eigenvalue weighted by Gasteiger charge is 2.21. The van der Waals surface area contributed by atoms with Crippen LogP contribution in [0.3, 0.4) is 0 Å². The maximum atomic E-state index is 12.1. The molecule has 0 unspecified atom stereocenters. The van der Waals surface area contributed by atoms with E-state index in [0.29, 0.717) is 5.69 Å². The Bertz CT molecular complexity index is 616. The van der Waals surface area contributed by atoms with E-state index in [9.17, 15) is 4.79 Å². The minimum absolute atomic E-state index is 0.0775. The SMILES string of the molecule is Cn1ccc(C(=O)NC2CCN(Cc3cccnc3)CC2)n1. The fourth-order valence-electron chi connectivity index (χ4n) is 2.78. The number of pyridine rings is 1. The molecule has 116 valence electrons. The summed E-state index contributed by atoms with van der Waals surface area (Å²) in [5, 5.41) is 7.21. The number of nitrogens with one attached hydrogen (secondary N) is 1. The van der Waals surface area contributed by atoms with Crippen molar-refractivity contribution >= 4 is 5.91 Å². The van der Waals surface area contributed by atoms with E-state index in [1.807, 2.05) is 19.3 Å². The number of hydrogen-bond donors (Lipinski definition) is 1. The molecular weight excluding hydrogens is 278 g/mol. The quantitative estimate of drug-likeness (QED) is 0.922. The van der Waals surface area contributed by atoms with Gasteiger partial charge in [0.15, 0.2) is 0 Å². The molecule has 0 atom stereocenters. The van der Waals surface area contributed by atoms with Gasteiger partial charge in [0.2, 0.25) is 0 Å². The summed E-state index contributed by atoms with van der Waals surface area (Å²) in [6.07, 6.45) is 7.43. The molecule has 1 N–H and O–H groups in total. The summed E-state index contributed by atoms with van der Waals surface area (Å²) in [7, 11) is 1.81. The molecule has 0 spiro atoms. The normalized spacial score (nSPS) is 16.6. The lowest BCUT2D eigenvalue weighted by atomic mass is 10.0. The molecule has 6 heteroatoms. The summed E-state index contributed by atoms with van der Waals surface area (Å²) in [6.45, 7) is 2.90. The van der Waals surface area contributed by atoms with Crippen molar-refractivity contribution in [3.63, 3.8) is 0 Å². The zero-order valence-corrected chi connectivity index (χ0v) is 12.8. The van der Waals surface area contributed by atoms with Gasteiger partial charge in [-0.25, -0.2) is 0 Å². The first kappa shape index (κ1) is 14.7. The number of nitrogens with zero attached hydrogens (tertiary/aromatic N) is 4. The lowest BCUT2D eigenvalue weighted by molar-refractivity contribution is 0.0903. The van der Waals surface area contributed by atoms with Crippen molar-refractivity contribution in [2.75, 3.05) is 13.1 Å². The van der Waals surface area contributed by atoms with Crippen LogP contribution in [0.2, 0.25) is 0 Å². The van der Waals surface area contributed by atoms with Gasteiger partial charge in [-0.1, -0.05) is 6.07 Å². The monoisotopic (exact) mass is 299 g/mol. The lowest BCUT2D eigenvalue weighted by Crippen LogP contribution is -2.44. The maximum Gasteiger partial charge on any atom is 0.271 e. The van der Waals surface area contributed by atoms with Crippen LogP contribution >= 0.6 is 0 Å². The van der Waals surface area contributed by atoms with Crippen molar-refractivity contribution in [3.8, 4) is 0 Å². The van der Waals surface area contributed by atoms with E-state index in [1.54, 1.807) is 23.1 Å². The molecule has 0 bridgehead atoms. The zero-order valence-electron chi connectivity index (χ0n) is 12.8. The van der Waals surface area contributed by atoms with Crippen LogP contribution in [0.1, 0.15) is 28.9 Å². The standard InChI is InChI=1S/C16H21N5O/c1-20-8-6-15(19-20)16(22)18-14-4-9-21(10-5-14)12-13-3-2-7-17-11-13/h2-3,6-8,11,14H,4-5,9-10,12H2,1H3,(H,18,22). The Kier molecular flexibility index (Phi) is 4.48. The number of likely N-dealkylation sites (tertiary alicyclic amines) is 1. The number of aromatic nitrogens is 3. The Hall–Kier alpha value is -2.21. The van der Waals surface area contributed by atoms with Crippen molar-refractivity contribution in [2.45, 2.75) is 25.4 Å². The first-order valence-electron chi connectivity index (χ1n) is 7.62. The second kappa shape index (κ2) is 6.70. The van der Waals surface area contributed by atoms with Gasteiger partial charge in [0.25, 0.3) is 5.91 Å². The van der Waals surface area contributed by atoms with E-state index >= 15 is 0 Å².